The fourth-order valence-electron chi connectivity index (χ4n) is 2.77. The highest BCUT2D eigenvalue weighted by Crippen LogP contribution is 2.34. The third-order valence-corrected chi connectivity index (χ3v) is 4.89. The molecule has 0 amide bonds. The molecule has 2 rings (SSSR count). The van der Waals surface area contributed by atoms with Gasteiger partial charge in [0.15, 0.2) is 0 Å². The summed E-state index contributed by atoms with van der Waals surface area (Å²) >= 11 is 1.81. The van der Waals surface area contributed by atoms with E-state index in [1.807, 2.05) is 11.3 Å². The second kappa shape index (κ2) is 8.48. The minimum atomic E-state index is 0.391. The molecule has 0 radical (unpaired) electrons. The highest BCUT2D eigenvalue weighted by atomic mass is 32.1. The van der Waals surface area contributed by atoms with E-state index in [4.69, 9.17) is 4.74 Å². The Morgan fingerprint density at radius 2 is 2.15 bits per heavy atom. The van der Waals surface area contributed by atoms with E-state index in [0.717, 1.165) is 12.3 Å². The standard InChI is InChI=1S/C17H27NOS/c1-3-11-18-17(16-12-15(19-2)13-20-16)14-9-7-5-4-6-8-10-14/h9,12-13,17-18H,3-8,10-11H2,1-2H3. The highest BCUT2D eigenvalue weighted by Gasteiger charge is 2.18. The van der Waals surface area contributed by atoms with E-state index < -0.39 is 0 Å². The molecular weight excluding hydrogens is 266 g/mol. The van der Waals surface area contributed by atoms with E-state index in [1.54, 1.807) is 12.7 Å². The third-order valence-electron chi connectivity index (χ3n) is 3.91. The molecule has 1 aliphatic carbocycles. The van der Waals surface area contributed by atoms with Crippen molar-refractivity contribution in [2.75, 3.05) is 13.7 Å². The van der Waals surface area contributed by atoms with Gasteiger partial charge in [0.05, 0.1) is 13.2 Å². The number of methoxy groups -OCH3 is 1. The summed E-state index contributed by atoms with van der Waals surface area (Å²) in [5.41, 5.74) is 1.59. The van der Waals surface area contributed by atoms with Gasteiger partial charge in [0.2, 0.25) is 0 Å². The Morgan fingerprint density at radius 1 is 1.30 bits per heavy atom. The number of allylic oxidation sites excluding steroid dienone is 1. The second-order valence-electron chi connectivity index (χ2n) is 5.51. The Morgan fingerprint density at radius 3 is 2.90 bits per heavy atom. The first-order valence-electron chi connectivity index (χ1n) is 7.90. The van der Waals surface area contributed by atoms with Crippen molar-refractivity contribution in [3.05, 3.63) is 28.0 Å². The number of rotatable bonds is 6. The maximum atomic E-state index is 5.34. The van der Waals surface area contributed by atoms with Crippen LogP contribution in [0.4, 0.5) is 0 Å². The Labute approximate surface area is 127 Å². The average Bonchev–Trinajstić information content (AvgIpc) is 2.89. The van der Waals surface area contributed by atoms with Gasteiger partial charge in [0.1, 0.15) is 5.75 Å². The number of thiophene rings is 1. The summed E-state index contributed by atoms with van der Waals surface area (Å²) in [5.74, 6) is 0.986. The summed E-state index contributed by atoms with van der Waals surface area (Å²) in [6.45, 7) is 3.30. The van der Waals surface area contributed by atoms with Crippen molar-refractivity contribution in [1.82, 2.24) is 5.32 Å². The van der Waals surface area contributed by atoms with E-state index >= 15 is 0 Å². The number of ether oxygens (including phenoxy) is 1. The first kappa shape index (κ1) is 15.6. The normalized spacial score (nSPS) is 18.0. The van der Waals surface area contributed by atoms with E-state index in [1.165, 1.54) is 49.8 Å². The van der Waals surface area contributed by atoms with Crippen LogP contribution in [0.15, 0.2) is 23.1 Å². The lowest BCUT2D eigenvalue weighted by Crippen LogP contribution is -2.23. The van der Waals surface area contributed by atoms with Crippen molar-refractivity contribution in [2.45, 2.75) is 57.9 Å². The van der Waals surface area contributed by atoms with Crippen LogP contribution in [0, 0.1) is 0 Å². The van der Waals surface area contributed by atoms with Crippen molar-refractivity contribution in [3.8, 4) is 5.75 Å². The predicted molar refractivity (Wildman–Crippen MR) is 87.7 cm³/mol. The van der Waals surface area contributed by atoms with Crippen molar-refractivity contribution in [3.63, 3.8) is 0 Å². The molecule has 1 atom stereocenters. The zero-order valence-electron chi connectivity index (χ0n) is 12.8. The zero-order valence-corrected chi connectivity index (χ0v) is 13.6. The van der Waals surface area contributed by atoms with Gasteiger partial charge in [-0.2, -0.15) is 0 Å². The molecule has 0 aromatic carbocycles. The van der Waals surface area contributed by atoms with E-state index in [-0.39, 0.29) is 0 Å². The lowest BCUT2D eigenvalue weighted by atomic mass is 9.94. The van der Waals surface area contributed by atoms with Gasteiger partial charge in [-0.25, -0.2) is 0 Å². The summed E-state index contributed by atoms with van der Waals surface area (Å²) in [5, 5.41) is 5.84. The Kier molecular flexibility index (Phi) is 6.61. The SMILES string of the molecule is CCCNC(C1=CCCCCCC1)c1cc(OC)cs1. The molecule has 3 heteroatoms. The fourth-order valence-corrected chi connectivity index (χ4v) is 3.75. The van der Waals surface area contributed by atoms with Gasteiger partial charge in [-0.05, 0) is 44.7 Å². The van der Waals surface area contributed by atoms with Gasteiger partial charge in [0.25, 0.3) is 0 Å². The molecule has 0 spiro atoms. The molecular formula is C17H27NOS. The van der Waals surface area contributed by atoms with Gasteiger partial charge >= 0.3 is 0 Å². The van der Waals surface area contributed by atoms with Gasteiger partial charge in [-0.1, -0.05) is 31.4 Å². The van der Waals surface area contributed by atoms with Crippen LogP contribution in [0.5, 0.6) is 5.75 Å². The van der Waals surface area contributed by atoms with Crippen LogP contribution in [0.3, 0.4) is 0 Å². The van der Waals surface area contributed by atoms with E-state index in [2.05, 4.69) is 29.8 Å². The van der Waals surface area contributed by atoms with Crippen molar-refractivity contribution < 1.29 is 4.74 Å². The van der Waals surface area contributed by atoms with Crippen molar-refractivity contribution in [1.29, 1.82) is 0 Å². The molecule has 0 bridgehead atoms. The number of nitrogens with one attached hydrogen (secondary N) is 1. The van der Waals surface area contributed by atoms with E-state index in [0.29, 0.717) is 6.04 Å². The molecule has 1 heterocycles. The quantitative estimate of drug-likeness (QED) is 0.739. The third kappa shape index (κ3) is 4.35. The topological polar surface area (TPSA) is 21.3 Å². The van der Waals surface area contributed by atoms with Crippen LogP contribution in [-0.2, 0) is 0 Å². The highest BCUT2D eigenvalue weighted by molar-refractivity contribution is 7.10. The summed E-state index contributed by atoms with van der Waals surface area (Å²) in [6.07, 6.45) is 11.6. The van der Waals surface area contributed by atoms with Gasteiger partial charge < -0.3 is 10.1 Å². The molecule has 1 unspecified atom stereocenters. The molecule has 1 N–H and O–H groups in total. The monoisotopic (exact) mass is 293 g/mol. The van der Waals surface area contributed by atoms with Gasteiger partial charge in [-0.3, -0.25) is 0 Å². The number of hydrogen-bond donors (Lipinski definition) is 1. The summed E-state index contributed by atoms with van der Waals surface area (Å²) < 4.78 is 5.34. The summed E-state index contributed by atoms with van der Waals surface area (Å²) in [7, 11) is 1.75. The first-order valence-corrected chi connectivity index (χ1v) is 8.78. The minimum absolute atomic E-state index is 0.391. The summed E-state index contributed by atoms with van der Waals surface area (Å²) in [6, 6.07) is 2.58. The largest absolute Gasteiger partial charge is 0.496 e. The van der Waals surface area contributed by atoms with Crippen LogP contribution in [0.2, 0.25) is 0 Å². The molecule has 1 aromatic rings. The Balaban J connectivity index is 2.16. The fraction of sp³-hybridized carbons (Fsp3) is 0.647. The van der Waals surface area contributed by atoms with Crippen LogP contribution < -0.4 is 10.1 Å². The minimum Gasteiger partial charge on any atom is -0.496 e. The van der Waals surface area contributed by atoms with Crippen molar-refractivity contribution >= 4 is 11.3 Å². The average molecular weight is 293 g/mol. The van der Waals surface area contributed by atoms with Crippen LogP contribution in [0.25, 0.3) is 0 Å². The molecule has 0 aliphatic heterocycles. The molecule has 0 fully saturated rings. The molecule has 0 saturated heterocycles. The van der Waals surface area contributed by atoms with Gasteiger partial charge in [-0.15, -0.1) is 11.3 Å². The molecule has 0 saturated carbocycles. The Bertz CT molecular complexity index is 424. The molecule has 1 aromatic heterocycles. The van der Waals surface area contributed by atoms with Crippen LogP contribution >= 0.6 is 11.3 Å². The lowest BCUT2D eigenvalue weighted by Gasteiger charge is -2.22. The van der Waals surface area contributed by atoms with Gasteiger partial charge in [0, 0.05) is 10.3 Å². The molecule has 2 nitrogen and oxygen atoms in total. The zero-order chi connectivity index (χ0) is 14.2. The second-order valence-corrected chi connectivity index (χ2v) is 6.45. The maximum absolute atomic E-state index is 5.34. The molecule has 1 aliphatic rings. The number of hydrogen-bond acceptors (Lipinski definition) is 3. The lowest BCUT2D eigenvalue weighted by molar-refractivity contribution is 0.416. The molecule has 20 heavy (non-hydrogen) atoms. The Hall–Kier alpha value is -0.800. The van der Waals surface area contributed by atoms with Crippen LogP contribution in [-0.4, -0.2) is 13.7 Å². The van der Waals surface area contributed by atoms with Crippen LogP contribution in [0.1, 0.15) is 62.8 Å². The maximum Gasteiger partial charge on any atom is 0.129 e. The summed E-state index contributed by atoms with van der Waals surface area (Å²) in [4.78, 5) is 1.39. The smallest absolute Gasteiger partial charge is 0.129 e. The van der Waals surface area contributed by atoms with E-state index in [9.17, 15) is 0 Å². The predicted octanol–water partition coefficient (Wildman–Crippen LogP) is 5.08. The first-order chi connectivity index (χ1) is 9.85. The van der Waals surface area contributed by atoms with Crippen molar-refractivity contribution in [2.24, 2.45) is 0 Å². The molecule has 112 valence electrons.